The molecular formula is C26H37ClN4O3S. The summed E-state index contributed by atoms with van der Waals surface area (Å²) in [4.78, 5) is 42.2. The van der Waals surface area contributed by atoms with Gasteiger partial charge in [-0.05, 0) is 42.4 Å². The lowest BCUT2D eigenvalue weighted by molar-refractivity contribution is -0.129. The van der Waals surface area contributed by atoms with Crippen molar-refractivity contribution in [2.24, 2.45) is 5.92 Å². The summed E-state index contributed by atoms with van der Waals surface area (Å²) < 4.78 is 1.08. The molecule has 7 nitrogen and oxygen atoms in total. The predicted molar refractivity (Wildman–Crippen MR) is 142 cm³/mol. The summed E-state index contributed by atoms with van der Waals surface area (Å²) in [6, 6.07) is 5.31. The van der Waals surface area contributed by atoms with Crippen molar-refractivity contribution in [3.8, 4) is 0 Å². The zero-order chi connectivity index (χ0) is 25.4. The molecule has 192 valence electrons. The summed E-state index contributed by atoms with van der Waals surface area (Å²) in [6.07, 6.45) is 6.03. The average molecular weight is 521 g/mol. The van der Waals surface area contributed by atoms with Crippen molar-refractivity contribution >= 4 is 50.9 Å². The molecule has 1 fully saturated rings. The van der Waals surface area contributed by atoms with Crippen molar-refractivity contribution < 1.29 is 14.4 Å². The SMILES string of the molecule is CCC(=O)N[C@@H](Cc1nc2ccc(C(C)C)cc2s1)C(=O)N[C@H](CNC(=O)CCl)C1CCCCC1. The van der Waals surface area contributed by atoms with Crippen molar-refractivity contribution in [2.75, 3.05) is 12.4 Å². The van der Waals surface area contributed by atoms with E-state index >= 15 is 0 Å². The molecule has 9 heteroatoms. The summed E-state index contributed by atoms with van der Waals surface area (Å²) in [6.45, 7) is 6.40. The lowest BCUT2D eigenvalue weighted by Gasteiger charge is -2.32. The molecule has 0 spiro atoms. The Labute approximate surface area is 216 Å². The van der Waals surface area contributed by atoms with Gasteiger partial charge in [-0.1, -0.05) is 46.1 Å². The largest absolute Gasteiger partial charge is 0.353 e. The van der Waals surface area contributed by atoms with Gasteiger partial charge in [-0.25, -0.2) is 4.98 Å². The number of rotatable bonds is 11. The highest BCUT2D eigenvalue weighted by Gasteiger charge is 2.29. The van der Waals surface area contributed by atoms with Gasteiger partial charge in [-0.2, -0.15) is 0 Å². The molecule has 3 N–H and O–H groups in total. The molecule has 1 heterocycles. The van der Waals surface area contributed by atoms with Crippen molar-refractivity contribution in [3.05, 3.63) is 28.8 Å². The van der Waals surface area contributed by atoms with E-state index in [-0.39, 0.29) is 35.6 Å². The van der Waals surface area contributed by atoms with Crippen LogP contribution in [0, 0.1) is 5.92 Å². The molecule has 0 bridgehead atoms. The van der Waals surface area contributed by atoms with Crippen LogP contribution in [0.2, 0.25) is 0 Å². The van der Waals surface area contributed by atoms with E-state index < -0.39 is 6.04 Å². The highest BCUT2D eigenvalue weighted by Crippen LogP contribution is 2.28. The van der Waals surface area contributed by atoms with E-state index in [1.165, 1.54) is 12.0 Å². The number of aromatic nitrogens is 1. The number of nitrogens with zero attached hydrogens (tertiary/aromatic N) is 1. The fourth-order valence-electron chi connectivity index (χ4n) is 4.54. The molecule has 2 aromatic rings. The number of nitrogens with one attached hydrogen (secondary N) is 3. The number of hydrogen-bond acceptors (Lipinski definition) is 5. The van der Waals surface area contributed by atoms with E-state index in [1.807, 2.05) is 6.07 Å². The van der Waals surface area contributed by atoms with Crippen LogP contribution < -0.4 is 16.0 Å². The zero-order valence-corrected chi connectivity index (χ0v) is 22.4. The first-order valence-corrected chi connectivity index (χ1v) is 14.0. The first kappa shape index (κ1) is 27.4. The second-order valence-electron chi connectivity index (χ2n) is 9.62. The third-order valence-electron chi connectivity index (χ3n) is 6.66. The topological polar surface area (TPSA) is 100 Å². The molecule has 3 rings (SSSR count). The number of fused-ring (bicyclic) bond motifs is 1. The van der Waals surface area contributed by atoms with Gasteiger partial charge < -0.3 is 16.0 Å². The van der Waals surface area contributed by atoms with Gasteiger partial charge in [0.15, 0.2) is 0 Å². The summed E-state index contributed by atoms with van der Waals surface area (Å²) in [5.74, 6) is -0.0991. The molecule has 1 aromatic carbocycles. The molecule has 1 aliphatic carbocycles. The molecular weight excluding hydrogens is 484 g/mol. The molecule has 1 aromatic heterocycles. The molecule has 0 saturated heterocycles. The summed E-state index contributed by atoms with van der Waals surface area (Å²) >= 11 is 7.21. The molecule has 0 radical (unpaired) electrons. The van der Waals surface area contributed by atoms with E-state index in [2.05, 4.69) is 41.9 Å². The van der Waals surface area contributed by atoms with Gasteiger partial charge in [0.25, 0.3) is 0 Å². The Bertz CT molecular complexity index is 1020. The highest BCUT2D eigenvalue weighted by atomic mass is 35.5. The molecule has 0 unspecified atom stereocenters. The smallest absolute Gasteiger partial charge is 0.243 e. The zero-order valence-electron chi connectivity index (χ0n) is 20.9. The fourth-order valence-corrected chi connectivity index (χ4v) is 5.70. The predicted octanol–water partition coefficient (Wildman–Crippen LogP) is 4.28. The van der Waals surface area contributed by atoms with Crippen molar-refractivity contribution in [1.82, 2.24) is 20.9 Å². The van der Waals surface area contributed by atoms with Crippen LogP contribution in [0.5, 0.6) is 0 Å². The van der Waals surface area contributed by atoms with Crippen molar-refractivity contribution in [1.29, 1.82) is 0 Å². The van der Waals surface area contributed by atoms with Crippen LogP contribution in [0.1, 0.15) is 75.8 Å². The van der Waals surface area contributed by atoms with Gasteiger partial charge >= 0.3 is 0 Å². The van der Waals surface area contributed by atoms with Gasteiger partial charge in [-0.15, -0.1) is 22.9 Å². The molecule has 1 aliphatic rings. The number of amides is 3. The minimum atomic E-state index is -0.734. The highest BCUT2D eigenvalue weighted by molar-refractivity contribution is 7.18. The first-order chi connectivity index (χ1) is 16.8. The van der Waals surface area contributed by atoms with Crippen molar-refractivity contribution in [2.45, 2.75) is 83.7 Å². The van der Waals surface area contributed by atoms with Gasteiger partial charge in [-0.3, -0.25) is 14.4 Å². The molecule has 1 saturated carbocycles. The van der Waals surface area contributed by atoms with Gasteiger partial charge in [0.05, 0.1) is 15.2 Å². The van der Waals surface area contributed by atoms with Crippen LogP contribution in [0.15, 0.2) is 18.2 Å². The van der Waals surface area contributed by atoms with Crippen LogP contribution in [0.25, 0.3) is 10.2 Å². The molecule has 0 aliphatic heterocycles. The van der Waals surface area contributed by atoms with Crippen LogP contribution in [-0.4, -0.2) is 47.2 Å². The van der Waals surface area contributed by atoms with Gasteiger partial charge in [0.1, 0.15) is 11.9 Å². The number of carbonyl (C=O) groups is 3. The summed E-state index contributed by atoms with van der Waals surface area (Å²) in [5.41, 5.74) is 2.15. The van der Waals surface area contributed by atoms with Crippen LogP contribution >= 0.6 is 22.9 Å². The van der Waals surface area contributed by atoms with Crippen LogP contribution in [-0.2, 0) is 20.8 Å². The maximum Gasteiger partial charge on any atom is 0.243 e. The Balaban J connectivity index is 1.77. The van der Waals surface area contributed by atoms with E-state index in [1.54, 1.807) is 18.3 Å². The maximum atomic E-state index is 13.4. The van der Waals surface area contributed by atoms with Gasteiger partial charge in [0, 0.05) is 25.4 Å². The average Bonchev–Trinajstić information content (AvgIpc) is 3.27. The third kappa shape index (κ3) is 7.90. The number of hydrogen-bond donors (Lipinski definition) is 3. The number of benzene rings is 1. The second-order valence-corrected chi connectivity index (χ2v) is 11.0. The van der Waals surface area contributed by atoms with E-state index in [9.17, 15) is 14.4 Å². The molecule has 2 atom stereocenters. The van der Waals surface area contributed by atoms with E-state index in [0.29, 0.717) is 25.3 Å². The lowest BCUT2D eigenvalue weighted by atomic mass is 9.83. The van der Waals surface area contributed by atoms with Crippen LogP contribution in [0.4, 0.5) is 0 Å². The Morgan fingerprint density at radius 2 is 1.86 bits per heavy atom. The van der Waals surface area contributed by atoms with E-state index in [0.717, 1.165) is 40.9 Å². The Morgan fingerprint density at radius 3 is 2.51 bits per heavy atom. The number of thiazole rings is 1. The Kier molecular flexibility index (Phi) is 10.3. The number of halogens is 1. The summed E-state index contributed by atoms with van der Waals surface area (Å²) in [5, 5.41) is 9.65. The maximum absolute atomic E-state index is 13.4. The van der Waals surface area contributed by atoms with Crippen LogP contribution in [0.3, 0.4) is 0 Å². The Morgan fingerprint density at radius 1 is 1.11 bits per heavy atom. The second kappa shape index (κ2) is 13.2. The summed E-state index contributed by atoms with van der Waals surface area (Å²) in [7, 11) is 0. The number of alkyl halides is 1. The van der Waals surface area contributed by atoms with Gasteiger partial charge in [0.2, 0.25) is 17.7 Å². The monoisotopic (exact) mass is 520 g/mol. The normalized spacial score (nSPS) is 16.1. The van der Waals surface area contributed by atoms with Crippen molar-refractivity contribution in [3.63, 3.8) is 0 Å². The molecule has 3 amide bonds. The molecule has 35 heavy (non-hydrogen) atoms. The number of carbonyl (C=O) groups excluding carboxylic acids is 3. The third-order valence-corrected chi connectivity index (χ3v) is 7.95. The first-order valence-electron chi connectivity index (χ1n) is 12.6. The fraction of sp³-hybridized carbons (Fsp3) is 0.615. The minimum Gasteiger partial charge on any atom is -0.353 e. The quantitative estimate of drug-likeness (QED) is 0.385. The minimum absolute atomic E-state index is 0.114. The Hall–Kier alpha value is -2.19. The lowest BCUT2D eigenvalue weighted by Crippen LogP contribution is -2.55. The standard InChI is InChI=1S/C26H37ClN4O3S/c1-4-23(32)29-20(13-25-30-19-11-10-18(16(2)3)12-22(19)35-25)26(34)31-21(15-28-24(33)14-27)17-8-6-5-7-9-17/h10-12,16-17,20-21H,4-9,13-15H2,1-3H3,(H,28,33)(H,29,32)(H,31,34)/t20-,21+/m0/s1. The van der Waals surface area contributed by atoms with E-state index in [4.69, 9.17) is 16.6 Å².